The van der Waals surface area contributed by atoms with Crippen LogP contribution in [0, 0.1) is 5.92 Å². The van der Waals surface area contributed by atoms with Crippen molar-refractivity contribution in [1.29, 1.82) is 0 Å². The highest BCUT2D eigenvalue weighted by Crippen LogP contribution is 2.37. The number of benzene rings is 1. The van der Waals surface area contributed by atoms with E-state index >= 15 is 0 Å². The summed E-state index contributed by atoms with van der Waals surface area (Å²) in [6.45, 7) is 9.46. The Morgan fingerprint density at radius 2 is 1.82 bits per heavy atom. The number of carboxylic acid groups (broad SMARTS) is 1. The van der Waals surface area contributed by atoms with Crippen molar-refractivity contribution in [1.82, 2.24) is 14.1 Å². The zero-order valence-corrected chi connectivity index (χ0v) is 21.4. The molecule has 34 heavy (non-hydrogen) atoms. The number of phenolic OH excluding ortho intramolecular Hbond substituents is 1. The van der Waals surface area contributed by atoms with Crippen LogP contribution >= 0.6 is 11.9 Å². The normalized spacial score (nSPS) is 18.3. The van der Waals surface area contributed by atoms with Gasteiger partial charge in [-0.05, 0) is 54.6 Å². The largest absolute Gasteiger partial charge is 0.508 e. The van der Waals surface area contributed by atoms with Crippen LogP contribution in [0.2, 0.25) is 6.82 Å². The first-order valence-corrected chi connectivity index (χ1v) is 12.1. The Hall–Kier alpha value is -2.52. The summed E-state index contributed by atoms with van der Waals surface area (Å²) in [6, 6.07) is 7.41. The summed E-state index contributed by atoms with van der Waals surface area (Å²) in [6.07, 6.45) is 8.74. The Kier molecular flexibility index (Phi) is 13.4. The van der Waals surface area contributed by atoms with Crippen molar-refractivity contribution in [2.75, 3.05) is 20.3 Å². The van der Waals surface area contributed by atoms with Gasteiger partial charge in [-0.3, -0.25) is 13.9 Å². The minimum atomic E-state index is -0.853. The quantitative estimate of drug-likeness (QED) is 0.437. The van der Waals surface area contributed by atoms with E-state index in [0.717, 1.165) is 29.2 Å². The summed E-state index contributed by atoms with van der Waals surface area (Å²) in [4.78, 5) is 12.4. The highest BCUT2D eigenvalue weighted by molar-refractivity contribution is 7.97. The van der Waals surface area contributed by atoms with Gasteiger partial charge in [0.1, 0.15) is 5.75 Å². The monoisotopic (exact) mass is 487 g/mol. The van der Waals surface area contributed by atoms with Gasteiger partial charge in [0.2, 0.25) is 0 Å². The maximum absolute atomic E-state index is 11.3. The number of hydrogen-bond acceptors (Lipinski definition) is 5. The Morgan fingerprint density at radius 3 is 2.44 bits per heavy atom. The lowest BCUT2D eigenvalue weighted by Gasteiger charge is -2.18. The molecular formula is C25H35BFN3O3S. The Labute approximate surface area is 208 Å². The highest BCUT2D eigenvalue weighted by Gasteiger charge is 2.34. The molecule has 2 atom stereocenters. The molecule has 0 amide bonds. The predicted molar refractivity (Wildman–Crippen MR) is 139 cm³/mol. The van der Waals surface area contributed by atoms with E-state index in [1.54, 1.807) is 24.1 Å². The van der Waals surface area contributed by atoms with E-state index in [1.165, 1.54) is 6.82 Å². The SMILES string of the molecule is CC.CF.C[C@H]1CN(Sc2ccc(O)cc2)C[C@H]1n1nc(CC(=O)O)c2c1C=CC=CC2.[B]C. The number of halogens is 1. The zero-order chi connectivity index (χ0) is 25.7. The van der Waals surface area contributed by atoms with Crippen molar-refractivity contribution in [2.45, 2.75) is 51.4 Å². The van der Waals surface area contributed by atoms with Gasteiger partial charge >= 0.3 is 5.97 Å². The fourth-order valence-electron chi connectivity index (χ4n) is 3.83. The summed E-state index contributed by atoms with van der Waals surface area (Å²) >= 11 is 1.68. The predicted octanol–water partition coefficient (Wildman–Crippen LogP) is 5.36. The number of aliphatic carboxylic acids is 1. The average Bonchev–Trinajstić information content (AvgIpc) is 3.26. The van der Waals surface area contributed by atoms with E-state index in [-0.39, 0.29) is 18.2 Å². The lowest BCUT2D eigenvalue weighted by Crippen LogP contribution is -2.19. The van der Waals surface area contributed by atoms with Crippen molar-refractivity contribution >= 4 is 31.8 Å². The van der Waals surface area contributed by atoms with Crippen molar-refractivity contribution < 1.29 is 19.4 Å². The third-order valence-electron chi connectivity index (χ3n) is 5.20. The molecule has 0 saturated carbocycles. The molecule has 0 unspecified atom stereocenters. The Bertz CT molecular complexity index is 948. The van der Waals surface area contributed by atoms with Gasteiger partial charge in [0.05, 0.1) is 38.9 Å². The first-order chi connectivity index (χ1) is 16.5. The molecule has 9 heteroatoms. The molecule has 0 spiro atoms. The minimum absolute atomic E-state index is 0.0515. The van der Waals surface area contributed by atoms with Gasteiger partial charge in [-0.2, -0.15) is 5.10 Å². The standard InChI is InChI=1S/C21H23N3O3S.C2H6.CH3B.CH3F/c1-14-12-23(28-16-9-7-15(25)8-10-16)13-20(14)24-19-6-4-2-3-5-17(19)18(22-24)11-21(26)27;3*1-2/h2-4,6-10,14,20,25H,5,11-13H2,1H3,(H,26,27);1-2H3;2*1H3/t14-,20+;;;/m0.../s1. The fourth-order valence-corrected chi connectivity index (χ4v) is 4.93. The molecular weight excluding hydrogens is 452 g/mol. The Balaban J connectivity index is 0.000000894. The van der Waals surface area contributed by atoms with E-state index in [1.807, 2.05) is 55.0 Å². The molecule has 2 aliphatic rings. The number of phenols is 1. The van der Waals surface area contributed by atoms with Crippen LogP contribution in [0.1, 0.15) is 43.8 Å². The van der Waals surface area contributed by atoms with E-state index in [4.69, 9.17) is 5.10 Å². The number of carboxylic acids is 1. The number of hydrogen-bond donors (Lipinski definition) is 2. The van der Waals surface area contributed by atoms with Gasteiger partial charge in [0.15, 0.2) is 0 Å². The van der Waals surface area contributed by atoms with Crippen LogP contribution in [0.15, 0.2) is 47.4 Å². The van der Waals surface area contributed by atoms with Crippen LogP contribution in [-0.4, -0.2) is 58.4 Å². The summed E-state index contributed by atoms with van der Waals surface area (Å²) in [5.41, 5.74) is 2.70. The van der Waals surface area contributed by atoms with Gasteiger partial charge in [0.25, 0.3) is 0 Å². The summed E-state index contributed by atoms with van der Waals surface area (Å²) in [5, 5.41) is 23.5. The number of nitrogens with zero attached hydrogens (tertiary/aromatic N) is 3. The minimum Gasteiger partial charge on any atom is -0.508 e. The van der Waals surface area contributed by atoms with Crippen LogP contribution in [0.3, 0.4) is 0 Å². The van der Waals surface area contributed by atoms with Gasteiger partial charge in [-0.1, -0.05) is 45.8 Å². The molecule has 6 nitrogen and oxygen atoms in total. The first kappa shape index (κ1) is 29.5. The second-order valence-corrected chi connectivity index (χ2v) is 8.46. The number of rotatable bonds is 5. The highest BCUT2D eigenvalue weighted by atomic mass is 32.2. The maximum atomic E-state index is 11.3. The van der Waals surface area contributed by atoms with Crippen molar-refractivity contribution in [3.05, 3.63) is 59.4 Å². The number of aromatic nitrogens is 2. The van der Waals surface area contributed by atoms with E-state index < -0.39 is 5.97 Å². The van der Waals surface area contributed by atoms with Gasteiger partial charge < -0.3 is 10.2 Å². The molecule has 1 aromatic heterocycles. The number of carbonyl (C=O) groups is 1. The third-order valence-corrected chi connectivity index (χ3v) is 6.24. The summed E-state index contributed by atoms with van der Waals surface area (Å²) < 4.78 is 13.9. The molecule has 2 N–H and O–H groups in total. The van der Waals surface area contributed by atoms with Gasteiger partial charge in [-0.15, -0.1) is 0 Å². The van der Waals surface area contributed by atoms with Crippen molar-refractivity contribution in [2.24, 2.45) is 5.92 Å². The van der Waals surface area contributed by atoms with Crippen molar-refractivity contribution in [3.8, 4) is 5.75 Å². The smallest absolute Gasteiger partial charge is 0.309 e. The van der Waals surface area contributed by atoms with Crippen molar-refractivity contribution in [3.63, 3.8) is 0 Å². The first-order valence-electron chi connectivity index (χ1n) is 11.3. The van der Waals surface area contributed by atoms with E-state index in [0.29, 0.717) is 25.2 Å². The van der Waals surface area contributed by atoms with E-state index in [9.17, 15) is 19.4 Å². The molecule has 1 aliphatic heterocycles. The molecule has 1 aliphatic carbocycles. The van der Waals surface area contributed by atoms with Crippen LogP contribution in [0.4, 0.5) is 4.39 Å². The number of alkyl halides is 1. The lowest BCUT2D eigenvalue weighted by atomic mass is 10.0. The summed E-state index contributed by atoms with van der Waals surface area (Å²) in [5.74, 6) is -0.202. The van der Waals surface area contributed by atoms with Gasteiger partial charge in [0, 0.05) is 23.5 Å². The molecule has 2 heterocycles. The molecule has 2 radical (unpaired) electrons. The van der Waals surface area contributed by atoms with Crippen LogP contribution in [0.25, 0.3) is 6.08 Å². The van der Waals surface area contributed by atoms with Crippen LogP contribution < -0.4 is 0 Å². The molecule has 1 aromatic carbocycles. The number of aromatic hydroxyl groups is 1. The molecule has 2 aromatic rings. The molecule has 4 rings (SSSR count). The number of fused-ring (bicyclic) bond motifs is 1. The molecule has 1 fully saturated rings. The zero-order valence-electron chi connectivity index (χ0n) is 20.6. The number of allylic oxidation sites excluding steroid dienone is 3. The molecule has 184 valence electrons. The third kappa shape index (κ3) is 7.77. The molecule has 1 saturated heterocycles. The second kappa shape index (κ2) is 15.4. The van der Waals surface area contributed by atoms with Crippen LogP contribution in [-0.2, 0) is 17.6 Å². The second-order valence-electron chi connectivity index (χ2n) is 7.29. The van der Waals surface area contributed by atoms with Gasteiger partial charge in [-0.25, -0.2) is 4.31 Å². The van der Waals surface area contributed by atoms with E-state index in [2.05, 4.69) is 19.1 Å². The topological polar surface area (TPSA) is 78.6 Å². The van der Waals surface area contributed by atoms with Crippen LogP contribution in [0.5, 0.6) is 5.75 Å². The Morgan fingerprint density at radius 1 is 1.18 bits per heavy atom. The fraction of sp³-hybridized carbons (Fsp3) is 0.440. The molecule has 0 bridgehead atoms. The summed E-state index contributed by atoms with van der Waals surface area (Å²) in [7, 11) is 5.00. The lowest BCUT2D eigenvalue weighted by molar-refractivity contribution is -0.136. The maximum Gasteiger partial charge on any atom is 0.309 e. The average molecular weight is 487 g/mol.